The highest BCUT2D eigenvalue weighted by Crippen LogP contribution is 2.12. The van der Waals surface area contributed by atoms with Gasteiger partial charge in [0.25, 0.3) is 0 Å². The molecule has 2 nitrogen and oxygen atoms in total. The smallest absolute Gasteiger partial charge is 0.223 e. The van der Waals surface area contributed by atoms with Gasteiger partial charge in [-0.05, 0) is 30.7 Å². The van der Waals surface area contributed by atoms with Gasteiger partial charge in [-0.3, -0.25) is 4.79 Å². The lowest BCUT2D eigenvalue weighted by atomic mass is 10.1. The quantitative estimate of drug-likeness (QED) is 0.575. The van der Waals surface area contributed by atoms with Crippen LogP contribution in [0.2, 0.25) is 0 Å². The second kappa shape index (κ2) is 4.62. The summed E-state index contributed by atoms with van der Waals surface area (Å²) in [5, 5.41) is 0. The largest absolute Gasteiger partial charge is 0.461 e. The fourth-order valence-electron chi connectivity index (χ4n) is 1.47. The van der Waals surface area contributed by atoms with Crippen molar-refractivity contribution in [3.8, 4) is 0 Å². The maximum atomic E-state index is 11.8. The van der Waals surface area contributed by atoms with E-state index in [1.807, 2.05) is 36.4 Å². The van der Waals surface area contributed by atoms with Crippen LogP contribution in [-0.2, 0) is 0 Å². The van der Waals surface area contributed by atoms with Gasteiger partial charge in [0.05, 0.1) is 6.26 Å². The predicted molar refractivity (Wildman–Crippen MR) is 63.1 cm³/mol. The van der Waals surface area contributed by atoms with Gasteiger partial charge in [-0.25, -0.2) is 0 Å². The van der Waals surface area contributed by atoms with Crippen LogP contribution >= 0.6 is 0 Å². The van der Waals surface area contributed by atoms with E-state index < -0.39 is 0 Å². The predicted octanol–water partition coefficient (Wildman–Crippen LogP) is 3.57. The molecule has 80 valence electrons. The fraction of sp³-hybridized carbons (Fsp3) is 0.0714. The first-order valence-electron chi connectivity index (χ1n) is 5.09. The van der Waals surface area contributed by atoms with Crippen molar-refractivity contribution < 1.29 is 9.21 Å². The molecule has 0 amide bonds. The number of ketones is 1. The highest BCUT2D eigenvalue weighted by atomic mass is 16.3. The van der Waals surface area contributed by atoms with Crippen molar-refractivity contribution in [2.45, 2.75) is 6.92 Å². The Balaban J connectivity index is 2.23. The van der Waals surface area contributed by atoms with Crippen LogP contribution in [0.3, 0.4) is 0 Å². The summed E-state index contributed by atoms with van der Waals surface area (Å²) in [6.45, 7) is 1.79. The SMILES string of the molecule is C/C(=C\c1ccccc1)C(=O)c1ccco1. The van der Waals surface area contributed by atoms with Gasteiger partial charge in [0.15, 0.2) is 5.76 Å². The lowest BCUT2D eigenvalue weighted by Gasteiger charge is -1.97. The molecule has 0 aliphatic carbocycles. The molecule has 0 saturated carbocycles. The Morgan fingerprint density at radius 3 is 2.50 bits per heavy atom. The van der Waals surface area contributed by atoms with Crippen LogP contribution in [0.25, 0.3) is 6.08 Å². The summed E-state index contributed by atoms with van der Waals surface area (Å²) in [4.78, 5) is 11.8. The van der Waals surface area contributed by atoms with Crippen molar-refractivity contribution >= 4 is 11.9 Å². The van der Waals surface area contributed by atoms with E-state index in [2.05, 4.69) is 0 Å². The van der Waals surface area contributed by atoms with Crippen molar-refractivity contribution in [3.05, 3.63) is 65.6 Å². The first-order chi connectivity index (χ1) is 7.77. The second-order valence-corrected chi connectivity index (χ2v) is 3.54. The van der Waals surface area contributed by atoms with Gasteiger partial charge in [-0.2, -0.15) is 0 Å². The summed E-state index contributed by atoms with van der Waals surface area (Å²) in [5.41, 5.74) is 1.68. The van der Waals surface area contributed by atoms with Gasteiger partial charge < -0.3 is 4.42 Å². The monoisotopic (exact) mass is 212 g/mol. The molecule has 2 aromatic rings. The van der Waals surface area contributed by atoms with Gasteiger partial charge in [-0.1, -0.05) is 30.3 Å². The molecular weight excluding hydrogens is 200 g/mol. The van der Waals surface area contributed by atoms with Crippen LogP contribution in [0.1, 0.15) is 23.0 Å². The third-order valence-corrected chi connectivity index (χ3v) is 2.29. The van der Waals surface area contributed by atoms with Crippen molar-refractivity contribution in [3.63, 3.8) is 0 Å². The topological polar surface area (TPSA) is 30.2 Å². The minimum absolute atomic E-state index is 0.0751. The number of hydrogen-bond acceptors (Lipinski definition) is 2. The number of hydrogen-bond donors (Lipinski definition) is 0. The van der Waals surface area contributed by atoms with Crippen LogP contribution in [0.5, 0.6) is 0 Å². The summed E-state index contributed by atoms with van der Waals surface area (Å²) in [6.07, 6.45) is 3.36. The first-order valence-corrected chi connectivity index (χ1v) is 5.09. The Labute approximate surface area is 94.2 Å². The summed E-state index contributed by atoms with van der Waals surface area (Å²) in [7, 11) is 0. The van der Waals surface area contributed by atoms with E-state index in [1.54, 1.807) is 19.1 Å². The number of allylic oxidation sites excluding steroid dienone is 1. The van der Waals surface area contributed by atoms with Crippen LogP contribution in [0, 0.1) is 0 Å². The molecule has 1 aromatic heterocycles. The zero-order valence-electron chi connectivity index (χ0n) is 9.01. The Kier molecular flexibility index (Phi) is 3.01. The van der Waals surface area contributed by atoms with E-state index in [1.165, 1.54) is 6.26 Å². The van der Waals surface area contributed by atoms with E-state index in [0.717, 1.165) is 5.56 Å². The van der Waals surface area contributed by atoms with Gasteiger partial charge in [0, 0.05) is 5.57 Å². The molecule has 2 heteroatoms. The number of carbonyl (C=O) groups is 1. The molecule has 16 heavy (non-hydrogen) atoms. The number of benzene rings is 1. The summed E-state index contributed by atoms with van der Waals surface area (Å²) in [5.74, 6) is 0.304. The lowest BCUT2D eigenvalue weighted by molar-refractivity contribution is 0.101. The molecule has 0 bridgehead atoms. The van der Waals surface area contributed by atoms with Crippen molar-refractivity contribution in [1.29, 1.82) is 0 Å². The summed E-state index contributed by atoms with van der Waals surface area (Å²) in [6, 6.07) is 13.1. The highest BCUT2D eigenvalue weighted by Gasteiger charge is 2.10. The van der Waals surface area contributed by atoms with Gasteiger partial charge >= 0.3 is 0 Å². The van der Waals surface area contributed by atoms with Gasteiger partial charge in [0.2, 0.25) is 5.78 Å². The van der Waals surface area contributed by atoms with E-state index in [4.69, 9.17) is 4.42 Å². The fourth-order valence-corrected chi connectivity index (χ4v) is 1.47. The molecule has 1 aromatic carbocycles. The molecule has 0 unspecified atom stereocenters. The van der Waals surface area contributed by atoms with Crippen molar-refractivity contribution in [2.75, 3.05) is 0 Å². The minimum atomic E-state index is -0.0751. The zero-order valence-corrected chi connectivity index (χ0v) is 9.01. The maximum Gasteiger partial charge on any atom is 0.223 e. The molecular formula is C14H12O2. The van der Waals surface area contributed by atoms with Crippen molar-refractivity contribution in [1.82, 2.24) is 0 Å². The molecule has 0 N–H and O–H groups in total. The number of furan rings is 1. The van der Waals surface area contributed by atoms with Crippen LogP contribution < -0.4 is 0 Å². The normalized spacial score (nSPS) is 11.4. The van der Waals surface area contributed by atoms with Gasteiger partial charge in [0.1, 0.15) is 0 Å². The number of Topliss-reactive ketones (excluding diaryl/α,β-unsaturated/α-hetero) is 1. The molecule has 1 heterocycles. The van der Waals surface area contributed by atoms with Crippen molar-refractivity contribution in [2.24, 2.45) is 0 Å². The Morgan fingerprint density at radius 1 is 1.12 bits per heavy atom. The molecule has 0 aliphatic heterocycles. The van der Waals surface area contributed by atoms with Crippen LogP contribution in [-0.4, -0.2) is 5.78 Å². The van der Waals surface area contributed by atoms with E-state index in [9.17, 15) is 4.79 Å². The molecule has 0 atom stereocenters. The molecule has 0 radical (unpaired) electrons. The summed E-state index contributed by atoms with van der Waals surface area (Å²) < 4.78 is 5.06. The number of rotatable bonds is 3. The Morgan fingerprint density at radius 2 is 1.88 bits per heavy atom. The molecule has 0 fully saturated rings. The minimum Gasteiger partial charge on any atom is -0.461 e. The lowest BCUT2D eigenvalue weighted by Crippen LogP contribution is -1.98. The average Bonchev–Trinajstić information content (AvgIpc) is 2.83. The van der Waals surface area contributed by atoms with E-state index >= 15 is 0 Å². The number of carbonyl (C=O) groups excluding carboxylic acids is 1. The Bertz CT molecular complexity index is 493. The standard InChI is InChI=1S/C14H12O2/c1-11(10-12-6-3-2-4-7-12)14(15)13-8-5-9-16-13/h2-10H,1H3/b11-10+. The average molecular weight is 212 g/mol. The second-order valence-electron chi connectivity index (χ2n) is 3.54. The Hall–Kier alpha value is -2.09. The molecule has 2 rings (SSSR count). The highest BCUT2D eigenvalue weighted by molar-refractivity contribution is 6.09. The van der Waals surface area contributed by atoms with E-state index in [0.29, 0.717) is 11.3 Å². The zero-order chi connectivity index (χ0) is 11.4. The molecule has 0 aliphatic rings. The van der Waals surface area contributed by atoms with Crippen LogP contribution in [0.4, 0.5) is 0 Å². The third-order valence-electron chi connectivity index (χ3n) is 2.29. The van der Waals surface area contributed by atoms with Gasteiger partial charge in [-0.15, -0.1) is 0 Å². The molecule has 0 spiro atoms. The maximum absolute atomic E-state index is 11.8. The summed E-state index contributed by atoms with van der Waals surface area (Å²) >= 11 is 0. The van der Waals surface area contributed by atoms with Crippen LogP contribution in [0.15, 0.2) is 58.7 Å². The third kappa shape index (κ3) is 2.28. The first kappa shape index (κ1) is 10.4. The van der Waals surface area contributed by atoms with E-state index in [-0.39, 0.29) is 5.78 Å². The molecule has 0 saturated heterocycles.